The molecular formula is C19H27N2O3+. The summed E-state index contributed by atoms with van der Waals surface area (Å²) in [6.45, 7) is 9.54. The van der Waals surface area contributed by atoms with E-state index in [-0.39, 0.29) is 5.78 Å². The average Bonchev–Trinajstić information content (AvgIpc) is 3.03. The van der Waals surface area contributed by atoms with E-state index in [4.69, 9.17) is 9.47 Å². The molecule has 24 heavy (non-hydrogen) atoms. The van der Waals surface area contributed by atoms with Crippen molar-refractivity contribution in [2.45, 2.75) is 46.7 Å². The Kier molecular flexibility index (Phi) is 6.41. The first kappa shape index (κ1) is 18.0. The molecule has 0 radical (unpaired) electrons. The van der Waals surface area contributed by atoms with E-state index >= 15 is 0 Å². The van der Waals surface area contributed by atoms with Crippen molar-refractivity contribution >= 4 is 5.78 Å². The highest BCUT2D eigenvalue weighted by Gasteiger charge is 2.16. The highest BCUT2D eigenvalue weighted by Crippen LogP contribution is 2.23. The normalized spacial score (nSPS) is 12.0. The van der Waals surface area contributed by atoms with Gasteiger partial charge >= 0.3 is 0 Å². The van der Waals surface area contributed by atoms with Gasteiger partial charge in [-0.1, -0.05) is 6.92 Å². The van der Waals surface area contributed by atoms with Crippen LogP contribution in [0.25, 0.3) is 0 Å². The van der Waals surface area contributed by atoms with Crippen LogP contribution >= 0.6 is 0 Å². The van der Waals surface area contributed by atoms with Crippen molar-refractivity contribution in [3.63, 3.8) is 0 Å². The number of benzene rings is 1. The fourth-order valence-electron chi connectivity index (χ4n) is 2.47. The highest BCUT2D eigenvalue weighted by molar-refractivity contribution is 5.95. The van der Waals surface area contributed by atoms with Crippen LogP contribution < -0.4 is 14.0 Å². The standard InChI is InChI=1S/C19H27N2O3/c1-5-15(4)21-9-8-20(14-21)13-19(22)16-10-17(23-6-2)12-18(11-16)24-7-3/h8-12,14-15H,5-7,13H2,1-4H3/q+1. The lowest BCUT2D eigenvalue weighted by atomic mass is 10.1. The maximum absolute atomic E-state index is 12.6. The zero-order valence-corrected chi connectivity index (χ0v) is 15.0. The van der Waals surface area contributed by atoms with Gasteiger partial charge in [0, 0.05) is 11.6 Å². The summed E-state index contributed by atoms with van der Waals surface area (Å²) in [5.74, 6) is 1.35. The number of carbonyl (C=O) groups excluding carboxylic acids is 1. The second-order valence-electron chi connectivity index (χ2n) is 5.77. The third kappa shape index (κ3) is 4.60. The van der Waals surface area contributed by atoms with E-state index in [1.54, 1.807) is 12.1 Å². The van der Waals surface area contributed by atoms with Crippen molar-refractivity contribution in [1.82, 2.24) is 4.57 Å². The maximum Gasteiger partial charge on any atom is 0.244 e. The SMILES string of the molecule is CCOc1cc(OCC)cc(C(=O)C[n+]2ccn(C(C)CC)c2)c1. The number of rotatable bonds is 9. The van der Waals surface area contributed by atoms with Gasteiger partial charge in [-0.15, -0.1) is 0 Å². The summed E-state index contributed by atoms with van der Waals surface area (Å²) in [7, 11) is 0. The molecule has 2 aromatic rings. The van der Waals surface area contributed by atoms with E-state index in [9.17, 15) is 4.79 Å². The summed E-state index contributed by atoms with van der Waals surface area (Å²) in [4.78, 5) is 12.6. The molecule has 0 aliphatic rings. The molecule has 0 N–H and O–H groups in total. The Bertz CT molecular complexity index is 655. The van der Waals surface area contributed by atoms with Gasteiger partial charge in [-0.05, 0) is 39.3 Å². The number of hydrogen-bond acceptors (Lipinski definition) is 3. The number of ketones is 1. The van der Waals surface area contributed by atoms with E-state index in [0.29, 0.717) is 42.9 Å². The van der Waals surface area contributed by atoms with Crippen LogP contribution in [0.3, 0.4) is 0 Å². The molecule has 5 heteroatoms. The zero-order valence-electron chi connectivity index (χ0n) is 15.0. The van der Waals surface area contributed by atoms with Crippen molar-refractivity contribution in [2.75, 3.05) is 13.2 Å². The van der Waals surface area contributed by atoms with Crippen LogP contribution in [0.2, 0.25) is 0 Å². The number of imidazole rings is 1. The van der Waals surface area contributed by atoms with Crippen LogP contribution in [-0.2, 0) is 6.54 Å². The molecule has 1 atom stereocenters. The summed E-state index contributed by atoms with van der Waals surface area (Å²) >= 11 is 0. The van der Waals surface area contributed by atoms with Crippen molar-refractivity contribution in [1.29, 1.82) is 0 Å². The Balaban J connectivity index is 2.17. The van der Waals surface area contributed by atoms with Crippen LogP contribution in [-0.4, -0.2) is 23.6 Å². The molecule has 0 aliphatic carbocycles. The Morgan fingerprint density at radius 2 is 1.75 bits per heavy atom. The van der Waals surface area contributed by atoms with Crippen LogP contribution in [0.5, 0.6) is 11.5 Å². The predicted octanol–water partition coefficient (Wildman–Crippen LogP) is 3.43. The molecule has 0 amide bonds. The number of nitrogens with zero attached hydrogens (tertiary/aromatic N) is 2. The topological polar surface area (TPSA) is 44.3 Å². The molecule has 5 nitrogen and oxygen atoms in total. The molecule has 1 unspecified atom stereocenters. The van der Waals surface area contributed by atoms with E-state index in [1.165, 1.54) is 0 Å². The molecule has 1 aromatic carbocycles. The molecule has 0 saturated heterocycles. The number of aromatic nitrogens is 2. The second kappa shape index (κ2) is 8.52. The molecule has 0 fully saturated rings. The molecule has 0 spiro atoms. The summed E-state index contributed by atoms with van der Waals surface area (Å²) in [6, 6.07) is 5.80. The Hall–Kier alpha value is -2.30. The number of carbonyl (C=O) groups is 1. The van der Waals surface area contributed by atoms with Crippen molar-refractivity contribution in [3.05, 3.63) is 42.5 Å². The quantitative estimate of drug-likeness (QED) is 0.522. The number of Topliss-reactive ketones (excluding diaryl/α,β-unsaturated/α-hetero) is 1. The minimum absolute atomic E-state index is 0.0319. The lowest BCUT2D eigenvalue weighted by Gasteiger charge is -2.09. The van der Waals surface area contributed by atoms with Crippen LogP contribution in [0, 0.1) is 0 Å². The van der Waals surface area contributed by atoms with Gasteiger partial charge in [0.2, 0.25) is 12.1 Å². The summed E-state index contributed by atoms with van der Waals surface area (Å²) < 4.78 is 15.1. The van der Waals surface area contributed by atoms with Gasteiger partial charge in [-0.25, -0.2) is 9.13 Å². The highest BCUT2D eigenvalue weighted by atomic mass is 16.5. The largest absolute Gasteiger partial charge is 0.494 e. The molecule has 1 aromatic heterocycles. The van der Waals surface area contributed by atoms with Crippen molar-refractivity contribution in [3.8, 4) is 11.5 Å². The van der Waals surface area contributed by atoms with Gasteiger partial charge in [0.05, 0.1) is 19.3 Å². The van der Waals surface area contributed by atoms with E-state index in [0.717, 1.165) is 6.42 Å². The van der Waals surface area contributed by atoms with Gasteiger partial charge in [-0.3, -0.25) is 4.79 Å². The molecule has 1 heterocycles. The van der Waals surface area contributed by atoms with Crippen LogP contribution in [0.4, 0.5) is 0 Å². The lowest BCUT2D eigenvalue weighted by molar-refractivity contribution is -0.682. The maximum atomic E-state index is 12.6. The minimum Gasteiger partial charge on any atom is -0.494 e. The molecular weight excluding hydrogens is 304 g/mol. The summed E-state index contributed by atoms with van der Waals surface area (Å²) in [5.41, 5.74) is 0.605. The van der Waals surface area contributed by atoms with E-state index in [2.05, 4.69) is 18.4 Å². The first-order chi connectivity index (χ1) is 11.6. The predicted molar refractivity (Wildman–Crippen MR) is 92.7 cm³/mol. The van der Waals surface area contributed by atoms with Gasteiger partial charge in [0.15, 0.2) is 6.54 Å². The average molecular weight is 331 g/mol. The minimum atomic E-state index is 0.0319. The fourth-order valence-corrected chi connectivity index (χ4v) is 2.47. The zero-order chi connectivity index (χ0) is 17.5. The van der Waals surface area contributed by atoms with Crippen molar-refractivity contribution < 1.29 is 18.8 Å². The lowest BCUT2D eigenvalue weighted by Crippen LogP contribution is -2.36. The van der Waals surface area contributed by atoms with Crippen LogP contribution in [0.15, 0.2) is 36.9 Å². The number of hydrogen-bond donors (Lipinski definition) is 0. The number of ether oxygens (including phenoxy) is 2. The van der Waals surface area contributed by atoms with Crippen molar-refractivity contribution in [2.24, 2.45) is 0 Å². The van der Waals surface area contributed by atoms with E-state index in [1.807, 2.05) is 43.2 Å². The van der Waals surface area contributed by atoms with Gasteiger partial charge in [0.25, 0.3) is 0 Å². The first-order valence-corrected chi connectivity index (χ1v) is 8.57. The molecule has 0 aliphatic heterocycles. The van der Waals surface area contributed by atoms with Gasteiger partial charge in [-0.2, -0.15) is 0 Å². The smallest absolute Gasteiger partial charge is 0.244 e. The Morgan fingerprint density at radius 3 is 2.29 bits per heavy atom. The Labute approximate surface area is 143 Å². The third-order valence-corrected chi connectivity index (χ3v) is 3.96. The van der Waals surface area contributed by atoms with Gasteiger partial charge < -0.3 is 9.47 Å². The monoisotopic (exact) mass is 331 g/mol. The van der Waals surface area contributed by atoms with Crippen LogP contribution in [0.1, 0.15) is 50.5 Å². The molecule has 0 saturated carbocycles. The van der Waals surface area contributed by atoms with E-state index < -0.39 is 0 Å². The first-order valence-electron chi connectivity index (χ1n) is 8.57. The van der Waals surface area contributed by atoms with Gasteiger partial charge in [0.1, 0.15) is 23.9 Å². The fraction of sp³-hybridized carbons (Fsp3) is 0.474. The molecule has 130 valence electrons. The second-order valence-corrected chi connectivity index (χ2v) is 5.77. The summed E-state index contributed by atoms with van der Waals surface area (Å²) in [6.07, 6.45) is 6.96. The Morgan fingerprint density at radius 1 is 1.12 bits per heavy atom. The summed E-state index contributed by atoms with van der Waals surface area (Å²) in [5, 5.41) is 0. The molecule has 2 rings (SSSR count). The molecule has 0 bridgehead atoms. The third-order valence-electron chi connectivity index (χ3n) is 3.96.